The Morgan fingerprint density at radius 3 is 1.58 bits per heavy atom. The van der Waals surface area contributed by atoms with E-state index in [4.69, 9.17) is 0 Å². The highest BCUT2D eigenvalue weighted by Crippen LogP contribution is 2.40. The standard InChI is InChI=1S/C42H27N3/c1-3-17-41-36(9-1)37-10-2-4-18-42(37)45(41)30-22-19-28(20-23-30)32-24-21-29(31-11-5-15-39-34(31)13-7-25-43-39)27-38(32)33-12-6-16-40-35(33)14-8-26-44-40/h1-27H. The molecule has 0 aliphatic rings. The van der Waals surface area contributed by atoms with Gasteiger partial charge in [-0.05, 0) is 88.0 Å². The summed E-state index contributed by atoms with van der Waals surface area (Å²) in [6.07, 6.45) is 3.71. The Balaban J connectivity index is 1.24. The molecule has 9 rings (SSSR count). The summed E-state index contributed by atoms with van der Waals surface area (Å²) in [4.78, 5) is 9.28. The zero-order valence-corrected chi connectivity index (χ0v) is 24.4. The first-order chi connectivity index (χ1) is 22.3. The molecular weight excluding hydrogens is 546 g/mol. The van der Waals surface area contributed by atoms with E-state index in [0.717, 1.165) is 33.1 Å². The van der Waals surface area contributed by atoms with E-state index >= 15 is 0 Å². The van der Waals surface area contributed by atoms with Gasteiger partial charge in [0.15, 0.2) is 0 Å². The third-order valence-electron chi connectivity index (χ3n) is 8.93. The lowest BCUT2D eigenvalue weighted by Gasteiger charge is -2.16. The monoisotopic (exact) mass is 573 g/mol. The van der Waals surface area contributed by atoms with Gasteiger partial charge in [0, 0.05) is 39.6 Å². The van der Waals surface area contributed by atoms with Crippen LogP contribution in [0.5, 0.6) is 0 Å². The highest BCUT2D eigenvalue weighted by atomic mass is 15.0. The van der Waals surface area contributed by atoms with Gasteiger partial charge in [-0.2, -0.15) is 0 Å². The Morgan fingerprint density at radius 2 is 0.911 bits per heavy atom. The maximum atomic E-state index is 4.67. The molecule has 0 amide bonds. The maximum Gasteiger partial charge on any atom is 0.0708 e. The second kappa shape index (κ2) is 10.3. The Morgan fingerprint density at radius 1 is 0.356 bits per heavy atom. The molecule has 0 saturated carbocycles. The smallest absolute Gasteiger partial charge is 0.0708 e. The molecule has 3 nitrogen and oxygen atoms in total. The second-order valence-corrected chi connectivity index (χ2v) is 11.4. The van der Waals surface area contributed by atoms with Gasteiger partial charge in [0.2, 0.25) is 0 Å². The average molecular weight is 574 g/mol. The third-order valence-corrected chi connectivity index (χ3v) is 8.93. The molecule has 0 atom stereocenters. The molecule has 0 spiro atoms. The van der Waals surface area contributed by atoms with Crippen molar-refractivity contribution in [2.45, 2.75) is 0 Å². The van der Waals surface area contributed by atoms with Crippen LogP contribution in [0, 0.1) is 0 Å². The first kappa shape index (κ1) is 25.4. The molecule has 0 unspecified atom stereocenters. The van der Waals surface area contributed by atoms with Gasteiger partial charge in [-0.1, -0.05) is 97.1 Å². The number of para-hydroxylation sites is 2. The summed E-state index contributed by atoms with van der Waals surface area (Å²) >= 11 is 0. The summed E-state index contributed by atoms with van der Waals surface area (Å²) in [6.45, 7) is 0. The van der Waals surface area contributed by atoms with Crippen molar-refractivity contribution >= 4 is 43.6 Å². The number of benzene rings is 6. The van der Waals surface area contributed by atoms with E-state index in [1.54, 1.807) is 0 Å². The topological polar surface area (TPSA) is 30.7 Å². The second-order valence-electron chi connectivity index (χ2n) is 11.4. The molecule has 3 heteroatoms. The summed E-state index contributed by atoms with van der Waals surface area (Å²) < 4.78 is 2.36. The van der Waals surface area contributed by atoms with Crippen LogP contribution in [0.15, 0.2) is 164 Å². The largest absolute Gasteiger partial charge is 0.309 e. The molecule has 0 aliphatic heterocycles. The molecule has 0 saturated heterocycles. The minimum Gasteiger partial charge on any atom is -0.309 e. The van der Waals surface area contributed by atoms with Crippen molar-refractivity contribution in [2.75, 3.05) is 0 Å². The van der Waals surface area contributed by atoms with Gasteiger partial charge in [0.05, 0.1) is 22.1 Å². The Hall–Kier alpha value is -6.06. The fourth-order valence-electron chi connectivity index (χ4n) is 6.87. The van der Waals surface area contributed by atoms with Crippen LogP contribution >= 0.6 is 0 Å². The van der Waals surface area contributed by atoms with Crippen LogP contribution in [-0.4, -0.2) is 14.5 Å². The molecule has 9 aromatic rings. The van der Waals surface area contributed by atoms with Crippen molar-refractivity contribution in [3.63, 3.8) is 0 Å². The van der Waals surface area contributed by atoms with E-state index in [9.17, 15) is 0 Å². The number of aromatic nitrogens is 3. The van der Waals surface area contributed by atoms with Crippen molar-refractivity contribution in [2.24, 2.45) is 0 Å². The molecule has 210 valence electrons. The van der Waals surface area contributed by atoms with Gasteiger partial charge in [-0.3, -0.25) is 9.97 Å². The van der Waals surface area contributed by atoms with Crippen molar-refractivity contribution < 1.29 is 0 Å². The molecule has 3 heterocycles. The Labute approximate surface area is 260 Å². The minimum absolute atomic E-state index is 0.988. The van der Waals surface area contributed by atoms with Crippen molar-refractivity contribution in [1.82, 2.24) is 14.5 Å². The summed E-state index contributed by atoms with van der Waals surface area (Å²) in [7, 11) is 0. The maximum absolute atomic E-state index is 4.67. The van der Waals surface area contributed by atoms with Gasteiger partial charge in [-0.25, -0.2) is 0 Å². The highest BCUT2D eigenvalue weighted by molar-refractivity contribution is 6.09. The number of hydrogen-bond acceptors (Lipinski definition) is 2. The SMILES string of the molecule is c1cc(-c2ccc(-c3ccc(-n4c5ccccc5c5ccccc54)cc3)c(-c3cccc4ncccc34)c2)c2cccnc2c1. The van der Waals surface area contributed by atoms with E-state index in [-0.39, 0.29) is 0 Å². The number of nitrogens with zero attached hydrogens (tertiary/aromatic N) is 3. The molecule has 0 aliphatic carbocycles. The van der Waals surface area contributed by atoms with Crippen molar-refractivity contribution in [3.05, 3.63) is 164 Å². The fraction of sp³-hybridized carbons (Fsp3) is 0. The number of rotatable bonds is 4. The van der Waals surface area contributed by atoms with Crippen molar-refractivity contribution in [3.8, 4) is 39.1 Å². The molecule has 0 fully saturated rings. The van der Waals surface area contributed by atoms with Gasteiger partial charge < -0.3 is 4.57 Å². The Kier molecular flexibility index (Phi) is 5.82. The summed E-state index contributed by atoms with van der Waals surface area (Å²) in [5.74, 6) is 0. The zero-order valence-electron chi connectivity index (χ0n) is 24.4. The fourth-order valence-corrected chi connectivity index (χ4v) is 6.87. The zero-order chi connectivity index (χ0) is 29.7. The van der Waals surface area contributed by atoms with E-state index < -0.39 is 0 Å². The average Bonchev–Trinajstić information content (AvgIpc) is 3.45. The van der Waals surface area contributed by atoms with Crippen molar-refractivity contribution in [1.29, 1.82) is 0 Å². The third kappa shape index (κ3) is 4.13. The van der Waals surface area contributed by atoms with Crippen LogP contribution in [0.1, 0.15) is 0 Å². The lowest BCUT2D eigenvalue weighted by Crippen LogP contribution is -1.94. The van der Waals surface area contributed by atoms with Crippen LogP contribution in [-0.2, 0) is 0 Å². The van der Waals surface area contributed by atoms with Gasteiger partial charge in [-0.15, -0.1) is 0 Å². The van der Waals surface area contributed by atoms with E-state index in [1.807, 2.05) is 24.5 Å². The quantitative estimate of drug-likeness (QED) is 0.210. The predicted molar refractivity (Wildman–Crippen MR) is 188 cm³/mol. The van der Waals surface area contributed by atoms with Crippen LogP contribution in [0.3, 0.4) is 0 Å². The minimum atomic E-state index is 0.988. The summed E-state index contributed by atoms with van der Waals surface area (Å²) in [5, 5.41) is 4.82. The predicted octanol–water partition coefficient (Wildman–Crippen LogP) is 10.9. The van der Waals surface area contributed by atoms with E-state index in [2.05, 4.69) is 154 Å². The lowest BCUT2D eigenvalue weighted by atomic mass is 9.88. The van der Waals surface area contributed by atoms with Gasteiger partial charge in [0.25, 0.3) is 0 Å². The number of pyridine rings is 2. The lowest BCUT2D eigenvalue weighted by molar-refractivity contribution is 1.18. The highest BCUT2D eigenvalue weighted by Gasteiger charge is 2.16. The van der Waals surface area contributed by atoms with E-state index in [0.29, 0.717) is 0 Å². The summed E-state index contributed by atoms with van der Waals surface area (Å²) in [6, 6.07) is 54.2. The number of fused-ring (bicyclic) bond motifs is 5. The first-order valence-electron chi connectivity index (χ1n) is 15.2. The number of hydrogen-bond donors (Lipinski definition) is 0. The normalized spacial score (nSPS) is 11.6. The molecule has 6 aromatic carbocycles. The van der Waals surface area contributed by atoms with Crippen LogP contribution in [0.4, 0.5) is 0 Å². The molecular formula is C42H27N3. The molecule has 45 heavy (non-hydrogen) atoms. The van der Waals surface area contributed by atoms with Crippen LogP contribution < -0.4 is 0 Å². The van der Waals surface area contributed by atoms with Crippen LogP contribution in [0.2, 0.25) is 0 Å². The van der Waals surface area contributed by atoms with Gasteiger partial charge in [0.1, 0.15) is 0 Å². The van der Waals surface area contributed by atoms with Crippen LogP contribution in [0.25, 0.3) is 82.7 Å². The molecule has 0 radical (unpaired) electrons. The first-order valence-corrected chi connectivity index (χ1v) is 15.2. The summed E-state index contributed by atoms with van der Waals surface area (Å²) in [5.41, 5.74) is 12.6. The van der Waals surface area contributed by atoms with E-state index in [1.165, 1.54) is 49.6 Å². The van der Waals surface area contributed by atoms with Gasteiger partial charge >= 0.3 is 0 Å². The Bertz CT molecular complexity index is 2480. The molecule has 0 N–H and O–H groups in total. The molecule has 0 bridgehead atoms. The molecule has 3 aromatic heterocycles.